The summed E-state index contributed by atoms with van der Waals surface area (Å²) in [6.07, 6.45) is 1.98. The molecule has 1 aromatic heterocycles. The van der Waals surface area contributed by atoms with E-state index in [4.69, 9.17) is 9.73 Å². The van der Waals surface area contributed by atoms with Gasteiger partial charge in [-0.05, 0) is 31.4 Å². The van der Waals surface area contributed by atoms with E-state index in [-0.39, 0.29) is 24.0 Å². The topological polar surface area (TPSA) is 67.6 Å². The molecule has 1 N–H and O–H groups in total. The minimum Gasteiger partial charge on any atom is -0.385 e. The molecule has 7 nitrogen and oxygen atoms in total. The summed E-state index contributed by atoms with van der Waals surface area (Å²) in [6, 6.07) is 8.50. The number of nitrogens with one attached hydrogen (secondary N) is 1. The van der Waals surface area contributed by atoms with Gasteiger partial charge < -0.3 is 19.5 Å². The van der Waals surface area contributed by atoms with Crippen LogP contribution in [0.25, 0.3) is 0 Å². The van der Waals surface area contributed by atoms with Gasteiger partial charge in [0, 0.05) is 39.5 Å². The van der Waals surface area contributed by atoms with Gasteiger partial charge in [-0.15, -0.1) is 34.2 Å². The number of fused-ring (bicyclic) bond motifs is 1. The fourth-order valence-electron chi connectivity index (χ4n) is 2.95. The third-order valence-electron chi connectivity index (χ3n) is 4.50. The summed E-state index contributed by atoms with van der Waals surface area (Å²) in [4.78, 5) is 7.07. The smallest absolute Gasteiger partial charge is 0.198 e. The minimum absolute atomic E-state index is 0. The van der Waals surface area contributed by atoms with Crippen LogP contribution < -0.4 is 10.2 Å². The molecule has 0 fully saturated rings. The fourth-order valence-corrected chi connectivity index (χ4v) is 2.95. The molecule has 1 aliphatic heterocycles. The van der Waals surface area contributed by atoms with Crippen molar-refractivity contribution in [2.45, 2.75) is 26.3 Å². The summed E-state index contributed by atoms with van der Waals surface area (Å²) >= 11 is 0. The Kier molecular flexibility index (Phi) is 7.83. The molecule has 2 heterocycles. The predicted octanol–water partition coefficient (Wildman–Crippen LogP) is 2.29. The van der Waals surface area contributed by atoms with E-state index in [0.717, 1.165) is 50.1 Å². The lowest BCUT2D eigenvalue weighted by atomic mass is 10.2. The van der Waals surface area contributed by atoms with E-state index >= 15 is 0 Å². The third kappa shape index (κ3) is 4.73. The van der Waals surface area contributed by atoms with Crippen LogP contribution in [0.4, 0.5) is 5.69 Å². The van der Waals surface area contributed by atoms with Gasteiger partial charge in [0.05, 0.1) is 0 Å². The van der Waals surface area contributed by atoms with E-state index in [2.05, 4.69) is 44.7 Å². The molecule has 0 bridgehead atoms. The molecule has 0 saturated carbocycles. The van der Waals surface area contributed by atoms with E-state index in [1.807, 2.05) is 18.5 Å². The lowest BCUT2D eigenvalue weighted by Crippen LogP contribution is -2.41. The van der Waals surface area contributed by atoms with Crippen LogP contribution >= 0.6 is 24.0 Å². The van der Waals surface area contributed by atoms with Gasteiger partial charge in [0.2, 0.25) is 0 Å². The van der Waals surface area contributed by atoms with Gasteiger partial charge in [-0.1, -0.05) is 18.2 Å². The van der Waals surface area contributed by atoms with Crippen LogP contribution in [0.1, 0.15) is 23.6 Å². The SMILES string of the molecule is COCCCNC(=NCc1nnc(C)n1C)N1CCc2ccccc21.I. The number of para-hydroxylation sites is 1. The van der Waals surface area contributed by atoms with Crippen molar-refractivity contribution in [3.05, 3.63) is 41.5 Å². The van der Waals surface area contributed by atoms with E-state index < -0.39 is 0 Å². The molecular formula is C18H27IN6O. The zero-order valence-electron chi connectivity index (χ0n) is 15.6. The van der Waals surface area contributed by atoms with E-state index in [9.17, 15) is 0 Å². The maximum Gasteiger partial charge on any atom is 0.198 e. The Labute approximate surface area is 171 Å². The average Bonchev–Trinajstić information content (AvgIpc) is 3.19. The van der Waals surface area contributed by atoms with Crippen LogP contribution in [0.5, 0.6) is 0 Å². The highest BCUT2D eigenvalue weighted by Crippen LogP contribution is 2.27. The standard InChI is InChI=1S/C18H26N6O.HI/c1-14-21-22-17(23(14)2)13-20-18(19-10-6-12-25-3)24-11-9-15-7-4-5-8-16(15)24;/h4-5,7-8H,6,9-13H2,1-3H3,(H,19,20);1H. The molecule has 142 valence electrons. The first-order valence-corrected chi connectivity index (χ1v) is 8.68. The molecule has 2 aromatic rings. The van der Waals surface area contributed by atoms with Crippen LogP contribution in [0.2, 0.25) is 0 Å². The highest BCUT2D eigenvalue weighted by atomic mass is 127. The third-order valence-corrected chi connectivity index (χ3v) is 4.50. The van der Waals surface area contributed by atoms with Crippen molar-refractivity contribution in [1.82, 2.24) is 20.1 Å². The zero-order valence-corrected chi connectivity index (χ0v) is 17.9. The van der Waals surface area contributed by atoms with Crippen molar-refractivity contribution >= 4 is 35.6 Å². The summed E-state index contributed by atoms with van der Waals surface area (Å²) in [5, 5.41) is 11.8. The first-order chi connectivity index (χ1) is 12.2. The summed E-state index contributed by atoms with van der Waals surface area (Å²) in [5.41, 5.74) is 2.60. The number of guanidine groups is 1. The normalized spacial score (nSPS) is 13.5. The van der Waals surface area contributed by atoms with Gasteiger partial charge in [0.15, 0.2) is 11.8 Å². The average molecular weight is 470 g/mol. The van der Waals surface area contributed by atoms with Gasteiger partial charge in [-0.25, -0.2) is 4.99 Å². The number of hydrogen-bond acceptors (Lipinski definition) is 4. The number of benzene rings is 1. The van der Waals surface area contributed by atoms with Crippen LogP contribution in [-0.4, -0.2) is 47.5 Å². The zero-order chi connectivity index (χ0) is 17.6. The van der Waals surface area contributed by atoms with Crippen LogP contribution in [0.15, 0.2) is 29.3 Å². The van der Waals surface area contributed by atoms with E-state index in [0.29, 0.717) is 6.54 Å². The van der Waals surface area contributed by atoms with Crippen molar-refractivity contribution in [1.29, 1.82) is 0 Å². The number of aromatic nitrogens is 3. The maximum atomic E-state index is 5.14. The second-order valence-electron chi connectivity index (χ2n) is 6.17. The van der Waals surface area contributed by atoms with Crippen molar-refractivity contribution in [2.24, 2.45) is 12.0 Å². The number of ether oxygens (including phenoxy) is 1. The maximum absolute atomic E-state index is 5.14. The summed E-state index contributed by atoms with van der Waals surface area (Å²) < 4.78 is 7.11. The number of nitrogens with zero attached hydrogens (tertiary/aromatic N) is 5. The van der Waals surface area contributed by atoms with Crippen molar-refractivity contribution in [2.75, 3.05) is 31.7 Å². The van der Waals surface area contributed by atoms with Crippen LogP contribution in [-0.2, 0) is 24.8 Å². The minimum atomic E-state index is 0. The first kappa shape index (κ1) is 20.6. The van der Waals surface area contributed by atoms with E-state index in [1.54, 1.807) is 7.11 Å². The summed E-state index contributed by atoms with van der Waals surface area (Å²) in [5.74, 6) is 2.65. The number of methoxy groups -OCH3 is 1. The summed E-state index contributed by atoms with van der Waals surface area (Å²) in [7, 11) is 3.69. The second-order valence-corrected chi connectivity index (χ2v) is 6.17. The molecule has 0 unspecified atom stereocenters. The molecule has 0 radical (unpaired) electrons. The molecule has 1 aromatic carbocycles. The molecule has 3 rings (SSSR count). The molecule has 0 atom stereocenters. The Bertz CT molecular complexity index is 745. The molecule has 26 heavy (non-hydrogen) atoms. The van der Waals surface area contributed by atoms with E-state index in [1.165, 1.54) is 11.3 Å². The number of aliphatic imine (C=N–C) groups is 1. The lowest BCUT2D eigenvalue weighted by molar-refractivity contribution is 0.195. The number of halogens is 1. The highest BCUT2D eigenvalue weighted by Gasteiger charge is 2.22. The van der Waals surface area contributed by atoms with Gasteiger partial charge in [-0.3, -0.25) is 0 Å². The van der Waals surface area contributed by atoms with Gasteiger partial charge in [-0.2, -0.15) is 0 Å². The molecule has 0 spiro atoms. The Morgan fingerprint density at radius 1 is 1.31 bits per heavy atom. The van der Waals surface area contributed by atoms with Crippen LogP contribution in [0.3, 0.4) is 0 Å². The molecule has 0 aliphatic carbocycles. The second kappa shape index (κ2) is 9.86. The largest absolute Gasteiger partial charge is 0.385 e. The molecule has 0 amide bonds. The van der Waals surface area contributed by atoms with Crippen molar-refractivity contribution in [3.8, 4) is 0 Å². The monoisotopic (exact) mass is 470 g/mol. The van der Waals surface area contributed by atoms with Gasteiger partial charge in [0.1, 0.15) is 12.4 Å². The lowest BCUT2D eigenvalue weighted by Gasteiger charge is -2.22. The molecule has 0 saturated heterocycles. The number of rotatable bonds is 6. The number of hydrogen-bond donors (Lipinski definition) is 1. The van der Waals surface area contributed by atoms with Gasteiger partial charge >= 0.3 is 0 Å². The van der Waals surface area contributed by atoms with Gasteiger partial charge in [0.25, 0.3) is 0 Å². The summed E-state index contributed by atoms with van der Waals surface area (Å²) in [6.45, 7) is 4.94. The Morgan fingerprint density at radius 3 is 2.85 bits per heavy atom. The quantitative estimate of drug-likeness (QED) is 0.304. The Morgan fingerprint density at radius 2 is 2.12 bits per heavy atom. The molecule has 1 aliphatic rings. The number of anilines is 1. The van der Waals surface area contributed by atoms with Crippen molar-refractivity contribution < 1.29 is 4.74 Å². The highest BCUT2D eigenvalue weighted by molar-refractivity contribution is 14.0. The Hall–Kier alpha value is -1.68. The number of aryl methyl sites for hydroxylation is 1. The Balaban J connectivity index is 0.00000243. The fraction of sp³-hybridized carbons (Fsp3) is 0.500. The molecule has 8 heteroatoms. The predicted molar refractivity (Wildman–Crippen MR) is 114 cm³/mol. The molecular weight excluding hydrogens is 443 g/mol. The van der Waals surface area contributed by atoms with Crippen LogP contribution in [0, 0.1) is 6.92 Å². The van der Waals surface area contributed by atoms with Crippen molar-refractivity contribution in [3.63, 3.8) is 0 Å². The first-order valence-electron chi connectivity index (χ1n) is 8.68.